The van der Waals surface area contributed by atoms with Gasteiger partial charge in [-0.1, -0.05) is 12.1 Å². The third-order valence-electron chi connectivity index (χ3n) is 3.06. The summed E-state index contributed by atoms with van der Waals surface area (Å²) in [6, 6.07) is 8.80. The van der Waals surface area contributed by atoms with Crippen LogP contribution in [0, 0.1) is 0 Å². The fourth-order valence-corrected chi connectivity index (χ4v) is 1.98. The summed E-state index contributed by atoms with van der Waals surface area (Å²) in [5.74, 6) is 0.353. The second-order valence-corrected chi connectivity index (χ2v) is 4.55. The molecule has 5 heteroatoms. The van der Waals surface area contributed by atoms with Crippen LogP contribution in [0.5, 0.6) is 5.75 Å². The second kappa shape index (κ2) is 7.50. The van der Waals surface area contributed by atoms with Gasteiger partial charge in [0, 0.05) is 12.1 Å². The molecule has 0 aliphatic heterocycles. The Bertz CT molecular complexity index is 565. The van der Waals surface area contributed by atoms with E-state index >= 15 is 0 Å². The van der Waals surface area contributed by atoms with Gasteiger partial charge in [0.25, 0.3) is 5.91 Å². The van der Waals surface area contributed by atoms with Crippen molar-refractivity contribution in [1.82, 2.24) is 5.32 Å². The van der Waals surface area contributed by atoms with Crippen LogP contribution in [0.2, 0.25) is 0 Å². The van der Waals surface area contributed by atoms with Crippen LogP contribution in [0.25, 0.3) is 0 Å². The molecule has 5 nitrogen and oxygen atoms in total. The molecule has 0 unspecified atom stereocenters. The van der Waals surface area contributed by atoms with Crippen molar-refractivity contribution in [3.63, 3.8) is 0 Å². The van der Waals surface area contributed by atoms with Crippen molar-refractivity contribution in [3.05, 3.63) is 54.0 Å². The summed E-state index contributed by atoms with van der Waals surface area (Å²) < 4.78 is 10.3. The average Bonchev–Trinajstić information content (AvgIpc) is 3.02. The molecule has 0 spiro atoms. The number of benzene rings is 1. The van der Waals surface area contributed by atoms with E-state index in [1.165, 1.54) is 12.5 Å². The number of furan rings is 1. The Labute approximate surface area is 123 Å². The number of ether oxygens (including phenoxy) is 1. The highest BCUT2D eigenvalue weighted by atomic mass is 16.5. The van der Waals surface area contributed by atoms with E-state index in [9.17, 15) is 9.90 Å². The molecule has 0 radical (unpaired) electrons. The Balaban J connectivity index is 1.87. The topological polar surface area (TPSA) is 71.7 Å². The van der Waals surface area contributed by atoms with Crippen molar-refractivity contribution in [1.29, 1.82) is 0 Å². The number of amides is 1. The summed E-state index contributed by atoms with van der Waals surface area (Å²) in [4.78, 5) is 12.1. The van der Waals surface area contributed by atoms with Crippen molar-refractivity contribution in [2.24, 2.45) is 0 Å². The molecule has 1 aromatic heterocycles. The van der Waals surface area contributed by atoms with Crippen molar-refractivity contribution >= 4 is 5.91 Å². The number of hydrogen-bond donors (Lipinski definition) is 2. The van der Waals surface area contributed by atoms with Crippen LogP contribution in [0.3, 0.4) is 0 Å². The van der Waals surface area contributed by atoms with E-state index in [0.717, 1.165) is 0 Å². The first-order valence-corrected chi connectivity index (χ1v) is 6.92. The molecular formula is C16H19NO4. The van der Waals surface area contributed by atoms with Gasteiger partial charge in [-0.25, -0.2) is 0 Å². The molecule has 0 fully saturated rings. The molecule has 112 valence electrons. The summed E-state index contributed by atoms with van der Waals surface area (Å²) in [5.41, 5.74) is 1.20. The lowest BCUT2D eigenvalue weighted by Gasteiger charge is -2.12. The van der Waals surface area contributed by atoms with Crippen molar-refractivity contribution in [2.45, 2.75) is 19.4 Å². The number of aliphatic hydroxyl groups excluding tert-OH is 1. The molecular weight excluding hydrogens is 270 g/mol. The van der Waals surface area contributed by atoms with Gasteiger partial charge in [-0.15, -0.1) is 0 Å². The predicted octanol–water partition coefficient (Wildman–Crippen LogP) is 2.53. The van der Waals surface area contributed by atoms with E-state index in [1.54, 1.807) is 24.3 Å². The van der Waals surface area contributed by atoms with Gasteiger partial charge in [0.15, 0.2) is 0 Å². The quantitative estimate of drug-likeness (QED) is 0.821. The lowest BCUT2D eigenvalue weighted by atomic mass is 10.1. The van der Waals surface area contributed by atoms with E-state index in [4.69, 9.17) is 9.15 Å². The summed E-state index contributed by atoms with van der Waals surface area (Å²) in [5, 5.41) is 12.7. The van der Waals surface area contributed by atoms with Crippen LogP contribution < -0.4 is 10.1 Å². The van der Waals surface area contributed by atoms with Gasteiger partial charge < -0.3 is 19.6 Å². The third kappa shape index (κ3) is 4.10. The molecule has 2 rings (SSSR count). The molecule has 1 amide bonds. The van der Waals surface area contributed by atoms with Crippen LogP contribution in [0.15, 0.2) is 47.3 Å². The number of nitrogens with one attached hydrogen (secondary N) is 1. The fourth-order valence-electron chi connectivity index (χ4n) is 1.98. The monoisotopic (exact) mass is 289 g/mol. The van der Waals surface area contributed by atoms with Crippen molar-refractivity contribution < 1.29 is 19.1 Å². The molecule has 21 heavy (non-hydrogen) atoms. The SMILES string of the molecule is CCOc1ccccc1C(=O)NCC[C@H](O)c1ccoc1. The van der Waals surface area contributed by atoms with Crippen LogP contribution in [0.1, 0.15) is 35.4 Å². The van der Waals surface area contributed by atoms with Gasteiger partial charge in [-0.2, -0.15) is 0 Å². The first kappa shape index (κ1) is 15.1. The number of hydrogen-bond acceptors (Lipinski definition) is 4. The minimum absolute atomic E-state index is 0.210. The second-order valence-electron chi connectivity index (χ2n) is 4.55. The third-order valence-corrected chi connectivity index (χ3v) is 3.06. The predicted molar refractivity (Wildman–Crippen MR) is 78.2 cm³/mol. The maximum atomic E-state index is 12.1. The van der Waals surface area contributed by atoms with E-state index in [0.29, 0.717) is 36.4 Å². The van der Waals surface area contributed by atoms with Crippen molar-refractivity contribution in [2.75, 3.05) is 13.2 Å². The lowest BCUT2D eigenvalue weighted by Crippen LogP contribution is -2.26. The zero-order chi connectivity index (χ0) is 15.1. The normalized spacial score (nSPS) is 11.9. The van der Waals surface area contributed by atoms with Gasteiger partial charge in [0.1, 0.15) is 5.75 Å². The minimum Gasteiger partial charge on any atom is -0.493 e. The molecule has 0 aliphatic carbocycles. The number of aliphatic hydroxyl groups is 1. The zero-order valence-electron chi connectivity index (χ0n) is 11.9. The molecule has 0 saturated carbocycles. The number of rotatable bonds is 7. The van der Waals surface area contributed by atoms with Crippen LogP contribution >= 0.6 is 0 Å². The summed E-state index contributed by atoms with van der Waals surface area (Å²) in [6.07, 6.45) is 2.78. The highest BCUT2D eigenvalue weighted by Crippen LogP contribution is 2.18. The van der Waals surface area contributed by atoms with Gasteiger partial charge in [0.05, 0.1) is 30.8 Å². The van der Waals surface area contributed by atoms with Crippen LogP contribution in [-0.4, -0.2) is 24.2 Å². The van der Waals surface area contributed by atoms with Gasteiger partial charge in [-0.3, -0.25) is 4.79 Å². The average molecular weight is 289 g/mol. The molecule has 1 atom stereocenters. The lowest BCUT2D eigenvalue weighted by molar-refractivity contribution is 0.0939. The maximum Gasteiger partial charge on any atom is 0.255 e. The first-order valence-electron chi connectivity index (χ1n) is 6.92. The minimum atomic E-state index is -0.647. The maximum absolute atomic E-state index is 12.1. The summed E-state index contributed by atoms with van der Waals surface area (Å²) in [7, 11) is 0. The Hall–Kier alpha value is -2.27. The smallest absolute Gasteiger partial charge is 0.255 e. The molecule has 2 N–H and O–H groups in total. The summed E-state index contributed by atoms with van der Waals surface area (Å²) >= 11 is 0. The van der Waals surface area contributed by atoms with Gasteiger partial charge >= 0.3 is 0 Å². The highest BCUT2D eigenvalue weighted by Gasteiger charge is 2.13. The Kier molecular flexibility index (Phi) is 5.40. The van der Waals surface area contributed by atoms with Crippen LogP contribution in [-0.2, 0) is 0 Å². The molecule has 0 bridgehead atoms. The largest absolute Gasteiger partial charge is 0.493 e. The molecule has 2 aromatic rings. The Morgan fingerprint density at radius 3 is 2.90 bits per heavy atom. The fraction of sp³-hybridized carbons (Fsp3) is 0.312. The Morgan fingerprint density at radius 2 is 2.19 bits per heavy atom. The van der Waals surface area contributed by atoms with E-state index in [2.05, 4.69) is 5.32 Å². The van der Waals surface area contributed by atoms with Gasteiger partial charge in [-0.05, 0) is 31.5 Å². The van der Waals surface area contributed by atoms with E-state index in [1.807, 2.05) is 13.0 Å². The van der Waals surface area contributed by atoms with Gasteiger partial charge in [0.2, 0.25) is 0 Å². The molecule has 0 saturated heterocycles. The van der Waals surface area contributed by atoms with E-state index in [-0.39, 0.29) is 5.91 Å². The highest BCUT2D eigenvalue weighted by molar-refractivity contribution is 5.96. The van der Waals surface area contributed by atoms with Crippen LogP contribution in [0.4, 0.5) is 0 Å². The number of carbonyl (C=O) groups is 1. The molecule has 1 aromatic carbocycles. The standard InChI is InChI=1S/C16H19NO4/c1-2-21-15-6-4-3-5-13(15)16(19)17-9-7-14(18)12-8-10-20-11-12/h3-6,8,10-11,14,18H,2,7,9H2,1H3,(H,17,19)/t14-/m0/s1. The molecule has 1 heterocycles. The summed E-state index contributed by atoms with van der Waals surface area (Å²) in [6.45, 7) is 2.74. The number of carbonyl (C=O) groups excluding carboxylic acids is 1. The zero-order valence-corrected chi connectivity index (χ0v) is 11.9. The first-order chi connectivity index (χ1) is 10.2. The Morgan fingerprint density at radius 1 is 1.38 bits per heavy atom. The molecule has 0 aliphatic rings. The van der Waals surface area contributed by atoms with E-state index < -0.39 is 6.10 Å². The number of para-hydroxylation sites is 1. The van der Waals surface area contributed by atoms with Crippen molar-refractivity contribution in [3.8, 4) is 5.75 Å².